The number of hydrogen-bond acceptors (Lipinski definition) is 5. The van der Waals surface area contributed by atoms with Crippen LogP contribution in [-0.2, 0) is 14.8 Å². The number of rotatable bonds is 6. The fraction of sp³-hybridized carbons (Fsp3) is 0.429. The maximum Gasteiger partial charge on any atom is 0.339 e. The molecule has 0 fully saturated rings. The summed E-state index contributed by atoms with van der Waals surface area (Å²) in [4.78, 5) is 11.6. The van der Waals surface area contributed by atoms with Crippen molar-refractivity contribution >= 4 is 16.0 Å². The summed E-state index contributed by atoms with van der Waals surface area (Å²) in [7, 11) is -2.68. The van der Waals surface area contributed by atoms with E-state index in [0.717, 1.165) is 0 Å². The Balaban J connectivity index is 3.36. The molecule has 0 aliphatic heterocycles. The second-order valence-electron chi connectivity index (χ2n) is 4.61. The van der Waals surface area contributed by atoms with Crippen LogP contribution in [0.1, 0.15) is 30.6 Å². The molecule has 0 atom stereocenters. The number of benzene rings is 1. The highest BCUT2D eigenvalue weighted by molar-refractivity contribution is 7.89. The smallest absolute Gasteiger partial charge is 0.339 e. The van der Waals surface area contributed by atoms with Crippen LogP contribution in [0.2, 0.25) is 0 Å². The van der Waals surface area contributed by atoms with Crippen molar-refractivity contribution in [3.63, 3.8) is 0 Å². The number of nitrogens with zero attached hydrogens (tertiary/aromatic N) is 2. The molecule has 0 aromatic heterocycles. The Bertz CT molecular complexity index is 647. The molecule has 0 saturated carbocycles. The molecule has 6 nitrogen and oxygen atoms in total. The van der Waals surface area contributed by atoms with Crippen LogP contribution in [-0.4, -0.2) is 38.4 Å². The monoisotopic (exact) mass is 310 g/mol. The Morgan fingerprint density at radius 1 is 1.38 bits per heavy atom. The zero-order chi connectivity index (χ0) is 16.0. The van der Waals surface area contributed by atoms with Crippen molar-refractivity contribution in [3.05, 3.63) is 29.8 Å². The van der Waals surface area contributed by atoms with E-state index in [-0.39, 0.29) is 29.5 Å². The average Bonchev–Trinajstić information content (AvgIpc) is 2.46. The normalized spacial score (nSPS) is 11.4. The van der Waals surface area contributed by atoms with Crippen molar-refractivity contribution in [2.45, 2.75) is 31.2 Å². The predicted octanol–water partition coefficient (Wildman–Crippen LogP) is 1.79. The van der Waals surface area contributed by atoms with Crippen LogP contribution in [0.25, 0.3) is 0 Å². The van der Waals surface area contributed by atoms with E-state index in [0.29, 0.717) is 0 Å². The zero-order valence-electron chi connectivity index (χ0n) is 12.2. The van der Waals surface area contributed by atoms with Crippen LogP contribution in [0.15, 0.2) is 29.2 Å². The summed E-state index contributed by atoms with van der Waals surface area (Å²) < 4.78 is 31.3. The van der Waals surface area contributed by atoms with Gasteiger partial charge in [0.1, 0.15) is 0 Å². The van der Waals surface area contributed by atoms with Gasteiger partial charge in [-0.05, 0) is 26.0 Å². The minimum atomic E-state index is -3.88. The first-order valence-electron chi connectivity index (χ1n) is 6.42. The number of hydrogen-bond donors (Lipinski definition) is 0. The maximum atomic E-state index is 12.7. The van der Waals surface area contributed by atoms with Crippen LogP contribution < -0.4 is 0 Å². The highest BCUT2D eigenvalue weighted by atomic mass is 32.2. The summed E-state index contributed by atoms with van der Waals surface area (Å²) in [6.45, 7) is 3.51. The van der Waals surface area contributed by atoms with E-state index in [2.05, 4.69) is 4.74 Å². The number of ether oxygens (including phenoxy) is 1. The fourth-order valence-electron chi connectivity index (χ4n) is 1.91. The van der Waals surface area contributed by atoms with Crippen molar-refractivity contribution in [3.8, 4) is 6.07 Å². The molecule has 0 unspecified atom stereocenters. The molecule has 0 radical (unpaired) electrons. The summed E-state index contributed by atoms with van der Waals surface area (Å²) in [5.74, 6) is -0.710. The quantitative estimate of drug-likeness (QED) is 0.747. The van der Waals surface area contributed by atoms with E-state index in [1.165, 1.54) is 23.5 Å². The lowest BCUT2D eigenvalue weighted by Gasteiger charge is -2.25. The van der Waals surface area contributed by atoms with Crippen molar-refractivity contribution in [1.82, 2.24) is 4.31 Å². The molecule has 0 aliphatic carbocycles. The van der Waals surface area contributed by atoms with E-state index in [9.17, 15) is 13.2 Å². The minimum absolute atomic E-state index is 0.0115. The highest BCUT2D eigenvalue weighted by Gasteiger charge is 2.30. The molecule has 0 bridgehead atoms. The van der Waals surface area contributed by atoms with Crippen molar-refractivity contribution in [1.29, 1.82) is 5.26 Å². The molecule has 1 aromatic rings. The summed E-state index contributed by atoms with van der Waals surface area (Å²) in [6, 6.07) is 7.48. The molecule has 0 N–H and O–H groups in total. The molecular formula is C14H18N2O4S. The standard InChI is InChI=1S/C14H18N2O4S/c1-11(2)16(10-6-9-15)21(18,19)13-8-5-4-7-12(13)14(17)20-3/h4-5,7-8,11H,6,10H2,1-3H3. The molecule has 0 heterocycles. The fourth-order valence-corrected chi connectivity index (χ4v) is 3.73. The van der Waals surface area contributed by atoms with E-state index < -0.39 is 16.0 Å². The first-order valence-corrected chi connectivity index (χ1v) is 7.86. The maximum absolute atomic E-state index is 12.7. The lowest BCUT2D eigenvalue weighted by atomic mass is 10.2. The summed E-state index contributed by atoms with van der Waals surface area (Å²) in [6.07, 6.45) is 0.0812. The van der Waals surface area contributed by atoms with E-state index in [4.69, 9.17) is 5.26 Å². The Morgan fingerprint density at radius 3 is 2.52 bits per heavy atom. The first kappa shape index (κ1) is 17.1. The van der Waals surface area contributed by atoms with Gasteiger partial charge in [0.15, 0.2) is 0 Å². The van der Waals surface area contributed by atoms with Crippen LogP contribution >= 0.6 is 0 Å². The van der Waals surface area contributed by atoms with Crippen LogP contribution in [0.5, 0.6) is 0 Å². The number of carbonyl (C=O) groups is 1. The lowest BCUT2D eigenvalue weighted by molar-refractivity contribution is 0.0596. The first-order chi connectivity index (χ1) is 9.86. The van der Waals surface area contributed by atoms with Gasteiger partial charge in [-0.15, -0.1) is 0 Å². The van der Waals surface area contributed by atoms with Gasteiger partial charge >= 0.3 is 5.97 Å². The van der Waals surface area contributed by atoms with Crippen molar-refractivity contribution in [2.24, 2.45) is 0 Å². The topological polar surface area (TPSA) is 87.5 Å². The molecule has 0 spiro atoms. The molecule has 0 saturated heterocycles. The summed E-state index contributed by atoms with van der Waals surface area (Å²) >= 11 is 0. The third-order valence-corrected chi connectivity index (χ3v) is 5.03. The molecule has 21 heavy (non-hydrogen) atoms. The van der Waals surface area contributed by atoms with Gasteiger partial charge in [0.2, 0.25) is 10.0 Å². The van der Waals surface area contributed by atoms with E-state index in [1.54, 1.807) is 26.0 Å². The van der Waals surface area contributed by atoms with Crippen LogP contribution in [0.3, 0.4) is 0 Å². The lowest BCUT2D eigenvalue weighted by Crippen LogP contribution is -2.38. The Labute approximate surface area is 125 Å². The SMILES string of the molecule is COC(=O)c1ccccc1S(=O)(=O)N(CCC#N)C(C)C. The number of methoxy groups -OCH3 is 1. The molecule has 0 amide bonds. The number of nitriles is 1. The number of carbonyl (C=O) groups excluding carboxylic acids is 1. The minimum Gasteiger partial charge on any atom is -0.465 e. The van der Waals surface area contributed by atoms with E-state index >= 15 is 0 Å². The zero-order valence-corrected chi connectivity index (χ0v) is 13.1. The van der Waals surface area contributed by atoms with Gasteiger partial charge in [-0.2, -0.15) is 9.57 Å². The van der Waals surface area contributed by atoms with Crippen molar-refractivity contribution < 1.29 is 17.9 Å². The Morgan fingerprint density at radius 2 is 2.00 bits per heavy atom. The summed E-state index contributed by atoms with van der Waals surface area (Å²) in [5, 5.41) is 8.67. The molecule has 1 rings (SSSR count). The van der Waals surface area contributed by atoms with Gasteiger partial charge in [0.25, 0.3) is 0 Å². The molecular weight excluding hydrogens is 292 g/mol. The summed E-state index contributed by atoms with van der Waals surface area (Å²) in [5.41, 5.74) is -0.0115. The molecule has 0 aliphatic rings. The second-order valence-corrected chi connectivity index (χ2v) is 6.46. The number of esters is 1. The third kappa shape index (κ3) is 3.80. The Hall–Kier alpha value is -1.91. The van der Waals surface area contributed by atoms with Gasteiger partial charge in [-0.25, -0.2) is 13.2 Å². The molecule has 7 heteroatoms. The van der Waals surface area contributed by atoms with Gasteiger partial charge in [0, 0.05) is 19.0 Å². The third-order valence-electron chi connectivity index (χ3n) is 2.90. The number of sulfonamides is 1. The van der Waals surface area contributed by atoms with Gasteiger partial charge in [-0.1, -0.05) is 12.1 Å². The van der Waals surface area contributed by atoms with Gasteiger partial charge < -0.3 is 4.74 Å². The average molecular weight is 310 g/mol. The van der Waals surface area contributed by atoms with Crippen LogP contribution in [0.4, 0.5) is 0 Å². The molecule has 1 aromatic carbocycles. The van der Waals surface area contributed by atoms with Gasteiger partial charge in [0.05, 0.1) is 23.6 Å². The second kappa shape index (κ2) is 7.20. The van der Waals surface area contributed by atoms with Crippen LogP contribution in [0, 0.1) is 11.3 Å². The van der Waals surface area contributed by atoms with E-state index in [1.807, 2.05) is 6.07 Å². The largest absolute Gasteiger partial charge is 0.465 e. The Kier molecular flexibility index (Phi) is 5.88. The highest BCUT2D eigenvalue weighted by Crippen LogP contribution is 2.23. The van der Waals surface area contributed by atoms with Gasteiger partial charge in [-0.3, -0.25) is 0 Å². The predicted molar refractivity (Wildman–Crippen MR) is 77.0 cm³/mol. The molecule has 114 valence electrons. The van der Waals surface area contributed by atoms with Crippen molar-refractivity contribution in [2.75, 3.05) is 13.7 Å².